The normalized spacial score (nSPS) is 14.3. The molecule has 0 fully saturated rings. The van der Waals surface area contributed by atoms with Crippen LogP contribution in [0.2, 0.25) is 0 Å². The number of nitrogens with zero attached hydrogens (tertiary/aromatic N) is 2. The number of unbranched alkanes of at least 4 members (excludes halogenated alkanes) is 38. The summed E-state index contributed by atoms with van der Waals surface area (Å²) >= 11 is 4.11. The first-order chi connectivity index (χ1) is 44.5. The predicted octanol–water partition coefficient (Wildman–Crippen LogP) is 26.4. The third-order valence-corrected chi connectivity index (χ3v) is 26.3. The second-order valence-electron chi connectivity index (χ2n) is 27.7. The zero-order chi connectivity index (χ0) is 63.3. The number of hydrogen-bond donors (Lipinski definition) is 0. The minimum absolute atomic E-state index is 0.0387. The number of fused-ring (bicyclic) bond motifs is 1. The fourth-order valence-corrected chi connectivity index (χ4v) is 19.7. The van der Waals surface area contributed by atoms with Gasteiger partial charge in [-0.05, 0) is 11.8 Å². The predicted molar refractivity (Wildman–Crippen MR) is 401 cm³/mol. The van der Waals surface area contributed by atoms with Crippen LogP contribution in [-0.4, -0.2) is 63.7 Å². The summed E-state index contributed by atoms with van der Waals surface area (Å²) in [4.78, 5) is 40.5. The molecule has 90 heavy (non-hydrogen) atoms. The number of amides is 2. The molecule has 0 saturated heterocycles. The fourth-order valence-electron chi connectivity index (χ4n) is 14.4. The van der Waals surface area contributed by atoms with Crippen molar-refractivity contribution in [2.24, 2.45) is 11.8 Å². The average Bonchev–Trinajstić information content (AvgIpc) is 1.56. The van der Waals surface area contributed by atoms with Crippen LogP contribution in [0.3, 0.4) is 0 Å². The monoisotopic (exact) mass is 1400 g/mol. The first-order valence-corrected chi connectivity index (χ1v) is 43.8. The molecule has 6 rings (SSSR count). The molecule has 2 aliphatic heterocycles. The molecule has 504 valence electrons. The van der Waals surface area contributed by atoms with Crippen molar-refractivity contribution < 1.29 is 9.59 Å². The zero-order valence-corrected chi connectivity index (χ0v) is 63.3. The van der Waals surface area contributed by atoms with Gasteiger partial charge in [0.1, 0.15) is 0 Å². The molecule has 0 radical (unpaired) electrons. The topological polar surface area (TPSA) is 40.6 Å². The van der Waals surface area contributed by atoms with E-state index < -0.39 is 0 Å². The molecule has 2 unspecified atom stereocenters. The van der Waals surface area contributed by atoms with Crippen LogP contribution in [0.5, 0.6) is 0 Å². The molecule has 0 aromatic carbocycles. The van der Waals surface area contributed by atoms with Crippen molar-refractivity contribution in [2.45, 2.75) is 349 Å². The van der Waals surface area contributed by atoms with Crippen molar-refractivity contribution >= 4 is 87.0 Å². The maximum atomic E-state index is 15.4. The van der Waals surface area contributed by atoms with Crippen LogP contribution in [0.25, 0.3) is 32.9 Å². The quantitative estimate of drug-likeness (QED) is 0.0326. The van der Waals surface area contributed by atoms with Crippen LogP contribution < -0.4 is 0 Å². The summed E-state index contributed by atoms with van der Waals surface area (Å²) in [5.41, 5.74) is 3.07. The fraction of sp³-hybridized carbons (Fsp3) is 0.707. The Hall–Kier alpha value is -2.44. The summed E-state index contributed by atoms with van der Waals surface area (Å²) in [6, 6.07) is 17.8. The third kappa shape index (κ3) is 29.3. The van der Waals surface area contributed by atoms with Gasteiger partial charge in [0.05, 0.1) is 0 Å². The third-order valence-electron chi connectivity index (χ3n) is 20.0. The van der Waals surface area contributed by atoms with Crippen LogP contribution in [0.1, 0.15) is 367 Å². The molecule has 8 heteroatoms. The van der Waals surface area contributed by atoms with Gasteiger partial charge in [-0.3, -0.25) is 0 Å². The Bertz CT molecular complexity index is 2530. The molecule has 0 spiro atoms. The summed E-state index contributed by atoms with van der Waals surface area (Å²) in [5.74, 6) is 1.79. The Morgan fingerprint density at radius 3 is 1.09 bits per heavy atom. The molecule has 4 aromatic heterocycles. The molecule has 0 N–H and O–H groups in total. The molecule has 4 nitrogen and oxygen atoms in total. The number of thiophene rings is 2. The van der Waals surface area contributed by atoms with E-state index in [1.165, 1.54) is 314 Å². The molecule has 2 amide bonds. The van der Waals surface area contributed by atoms with Crippen LogP contribution >= 0.6 is 22.7 Å². The van der Waals surface area contributed by atoms with Crippen LogP contribution in [0.4, 0.5) is 0 Å². The Balaban J connectivity index is 1.08. The van der Waals surface area contributed by atoms with Crippen LogP contribution in [-0.2, 0) is 9.59 Å². The van der Waals surface area contributed by atoms with Crippen molar-refractivity contribution in [3.05, 3.63) is 88.6 Å². The van der Waals surface area contributed by atoms with E-state index in [2.05, 4.69) is 104 Å². The molecule has 2 aliphatic rings. The Kier molecular flexibility index (Phi) is 41.8. The second kappa shape index (κ2) is 49.1. The van der Waals surface area contributed by atoms with Crippen molar-refractivity contribution in [3.8, 4) is 9.31 Å². The molecule has 6 heterocycles. The molecule has 0 bridgehead atoms. The summed E-state index contributed by atoms with van der Waals surface area (Å²) in [6.07, 6.45) is 72.7. The summed E-state index contributed by atoms with van der Waals surface area (Å²) in [5, 5.41) is 2.12. The van der Waals surface area contributed by atoms with E-state index in [1.54, 1.807) is 22.7 Å². The number of carbonyl (C=O) groups is 2. The number of rotatable bonds is 59. The molecule has 4 aromatic rings. The van der Waals surface area contributed by atoms with Crippen LogP contribution in [0, 0.1) is 11.8 Å². The van der Waals surface area contributed by atoms with Gasteiger partial charge in [0.25, 0.3) is 0 Å². The maximum absolute atomic E-state index is 15.4. The van der Waals surface area contributed by atoms with E-state index in [0.717, 1.165) is 58.7 Å². The molecule has 0 aliphatic carbocycles. The Morgan fingerprint density at radius 1 is 0.367 bits per heavy atom. The minimum atomic E-state index is 0.0387. The average molecular weight is 1400 g/mol. The van der Waals surface area contributed by atoms with Gasteiger partial charge in [0.15, 0.2) is 0 Å². The first kappa shape index (κ1) is 76.6. The Morgan fingerprint density at radius 2 is 0.722 bits per heavy atom. The van der Waals surface area contributed by atoms with E-state index in [-0.39, 0.29) is 26.3 Å². The van der Waals surface area contributed by atoms with Gasteiger partial charge < -0.3 is 0 Å². The van der Waals surface area contributed by atoms with Gasteiger partial charge in [-0.2, -0.15) is 0 Å². The van der Waals surface area contributed by atoms with E-state index in [0.29, 0.717) is 38.7 Å². The van der Waals surface area contributed by atoms with Crippen molar-refractivity contribution in [1.29, 1.82) is 0 Å². The second-order valence-corrected chi connectivity index (χ2v) is 34.1. The summed E-state index contributed by atoms with van der Waals surface area (Å²) < 4.78 is 4.20. The number of hydrogen-bond acceptors (Lipinski definition) is 4. The van der Waals surface area contributed by atoms with Crippen molar-refractivity contribution in [1.82, 2.24) is 9.80 Å². The zero-order valence-electron chi connectivity index (χ0n) is 58.2. The van der Waals surface area contributed by atoms with Gasteiger partial charge in [0, 0.05) is 0 Å². The van der Waals surface area contributed by atoms with E-state index in [1.807, 2.05) is 4.90 Å². The first-order valence-electron chi connectivity index (χ1n) is 38.6. The molecular weight excluding hydrogens is 1270 g/mol. The van der Waals surface area contributed by atoms with Gasteiger partial charge in [0.2, 0.25) is 0 Å². The van der Waals surface area contributed by atoms with Gasteiger partial charge in [-0.25, -0.2) is 0 Å². The molecular formula is C82H130N2O2S2Se2. The SMILES string of the molecule is CCCCCCCCCCCCC(CCCCCCCCCC)CCCCCCN1C(=O)C2=C(c3ccc(-c4ccc(/C=C/c5ccc[se]5)[se]4)s3)N(CCCCCCC(CCCCCCCCCC)CCCCCCCCCCCC)C(=O)C2=C1c1cccs1. The summed E-state index contributed by atoms with van der Waals surface area (Å²) in [7, 11) is 0. The van der Waals surface area contributed by atoms with Gasteiger partial charge in [-0.1, -0.05) is 297 Å². The van der Waals surface area contributed by atoms with Crippen molar-refractivity contribution in [3.63, 3.8) is 0 Å². The number of carbonyl (C=O) groups excluding carboxylic acids is 2. The van der Waals surface area contributed by atoms with E-state index in [4.69, 9.17) is 0 Å². The van der Waals surface area contributed by atoms with Gasteiger partial charge >= 0.3 is 269 Å². The Labute approximate surface area is 573 Å². The van der Waals surface area contributed by atoms with Gasteiger partial charge in [-0.15, -0.1) is 0 Å². The summed E-state index contributed by atoms with van der Waals surface area (Å²) in [6.45, 7) is 10.6. The van der Waals surface area contributed by atoms with E-state index >= 15 is 9.59 Å². The van der Waals surface area contributed by atoms with Crippen molar-refractivity contribution in [2.75, 3.05) is 13.1 Å². The van der Waals surface area contributed by atoms with Crippen LogP contribution in [0.15, 0.2) is 70.0 Å². The van der Waals surface area contributed by atoms with E-state index in [9.17, 15) is 0 Å². The molecule has 2 atom stereocenters. The molecule has 0 saturated carbocycles. The standard InChI is InChI=1S/C82H130N2O2S2Se2/c1-5-9-13-17-21-25-27-31-35-43-53-69(51-41-33-29-23-19-15-11-7-3)55-45-37-39-47-65-83-79(74-58-49-67-87-74)77-78(82(83)86)80(75-63-62-73(88-75)76-64-61-72(90-76)60-59-71-57-50-68-89-71)84(81(77)85)66-48-40-38-46-56-70(52-42-34-30-24-20-16-12-8-4)54-44-36-32-28-26-22-18-14-10-6-2/h49-50,57-64,67-70H,5-48,51-56,65-66H2,1-4H3/b60-59+.